The number of H-pyrrole nitrogens is 1. The highest BCUT2D eigenvalue weighted by molar-refractivity contribution is 14.1. The number of aromatic amines is 1. The fourth-order valence-electron chi connectivity index (χ4n) is 1.91. The number of halogens is 1. The molecule has 0 aliphatic rings. The van der Waals surface area contributed by atoms with E-state index in [1.807, 2.05) is 6.07 Å². The Labute approximate surface area is 122 Å². The van der Waals surface area contributed by atoms with E-state index < -0.39 is 17.5 Å². The van der Waals surface area contributed by atoms with Gasteiger partial charge in [-0.25, -0.2) is 4.79 Å². The Morgan fingerprint density at radius 2 is 2.16 bits per heavy atom. The average Bonchev–Trinajstić information content (AvgIpc) is 2.37. The first-order chi connectivity index (χ1) is 8.95. The zero-order valence-electron chi connectivity index (χ0n) is 10.4. The number of methoxy groups -OCH3 is 1. The molecule has 1 aromatic heterocycles. The Kier molecular flexibility index (Phi) is 3.91. The van der Waals surface area contributed by atoms with Crippen LogP contribution in [0.2, 0.25) is 0 Å². The summed E-state index contributed by atoms with van der Waals surface area (Å²) in [7, 11) is 1.47. The smallest absolute Gasteiger partial charge is 0.341 e. The maximum absolute atomic E-state index is 12.3. The Hall–Kier alpha value is -1.41. The number of hydrogen-bond donors (Lipinski definition) is 2. The van der Waals surface area contributed by atoms with Crippen molar-refractivity contribution in [1.82, 2.24) is 4.98 Å². The van der Waals surface area contributed by atoms with Crippen molar-refractivity contribution >= 4 is 39.5 Å². The molecule has 6 heteroatoms. The number of nitrogens with one attached hydrogen (secondary N) is 1. The predicted molar refractivity (Wildman–Crippen MR) is 79.7 cm³/mol. The molecule has 0 fully saturated rings. The first-order valence-electron chi connectivity index (χ1n) is 5.57. The molecule has 1 aromatic carbocycles. The first kappa shape index (κ1) is 14.0. The standard InChI is InChI=1S/C13H12INO4/c1-6(19-2)11-10(13(17)18)12(16)8-5-7(14)3-4-9(8)15-11/h3-6H,1-2H3,(H,15,16)(H,17,18). The Bertz CT molecular complexity index is 708. The van der Waals surface area contributed by atoms with Gasteiger partial charge in [-0.3, -0.25) is 4.79 Å². The van der Waals surface area contributed by atoms with E-state index in [1.165, 1.54) is 7.11 Å². The van der Waals surface area contributed by atoms with Crippen molar-refractivity contribution in [2.75, 3.05) is 7.11 Å². The third-order valence-corrected chi connectivity index (χ3v) is 3.64. The minimum atomic E-state index is -1.25. The zero-order chi connectivity index (χ0) is 14.2. The quantitative estimate of drug-likeness (QED) is 0.811. The number of carboxylic acid groups (broad SMARTS) is 1. The molecular formula is C13H12INO4. The lowest BCUT2D eigenvalue weighted by molar-refractivity contribution is 0.0679. The molecule has 5 nitrogen and oxygen atoms in total. The lowest BCUT2D eigenvalue weighted by Crippen LogP contribution is -2.21. The van der Waals surface area contributed by atoms with Gasteiger partial charge >= 0.3 is 5.97 Å². The van der Waals surface area contributed by atoms with Gasteiger partial charge in [-0.1, -0.05) is 0 Å². The number of rotatable bonds is 3. The third-order valence-electron chi connectivity index (χ3n) is 2.97. The maximum Gasteiger partial charge on any atom is 0.341 e. The molecule has 0 aliphatic carbocycles. The van der Waals surface area contributed by atoms with Crippen molar-refractivity contribution in [2.24, 2.45) is 0 Å². The molecule has 0 saturated heterocycles. The Morgan fingerprint density at radius 1 is 1.47 bits per heavy atom. The molecule has 0 aliphatic heterocycles. The van der Waals surface area contributed by atoms with Crippen LogP contribution in [0.15, 0.2) is 23.0 Å². The molecule has 100 valence electrons. The summed E-state index contributed by atoms with van der Waals surface area (Å²) in [6, 6.07) is 5.28. The number of aromatic carboxylic acids is 1. The van der Waals surface area contributed by atoms with Crippen molar-refractivity contribution in [3.63, 3.8) is 0 Å². The summed E-state index contributed by atoms with van der Waals surface area (Å²) in [5.41, 5.74) is 0.144. The van der Waals surface area contributed by atoms with Crippen LogP contribution in [0.4, 0.5) is 0 Å². The van der Waals surface area contributed by atoms with E-state index in [0.29, 0.717) is 10.9 Å². The van der Waals surface area contributed by atoms with Gasteiger partial charge in [0.15, 0.2) is 0 Å². The molecule has 0 amide bonds. The van der Waals surface area contributed by atoms with Crippen LogP contribution in [0.25, 0.3) is 10.9 Å². The van der Waals surface area contributed by atoms with Gasteiger partial charge in [-0.15, -0.1) is 0 Å². The van der Waals surface area contributed by atoms with Gasteiger partial charge in [0.1, 0.15) is 5.56 Å². The number of fused-ring (bicyclic) bond motifs is 1. The lowest BCUT2D eigenvalue weighted by atomic mass is 10.1. The average molecular weight is 373 g/mol. The SMILES string of the molecule is COC(C)c1[nH]c2ccc(I)cc2c(=O)c1C(=O)O. The number of ether oxygens (including phenoxy) is 1. The Balaban J connectivity index is 2.89. The van der Waals surface area contributed by atoms with Crippen LogP contribution in [0.5, 0.6) is 0 Å². The van der Waals surface area contributed by atoms with Gasteiger partial charge in [0.05, 0.1) is 11.8 Å². The van der Waals surface area contributed by atoms with Gasteiger partial charge in [0.25, 0.3) is 0 Å². The number of carbonyl (C=O) groups is 1. The molecule has 19 heavy (non-hydrogen) atoms. The Morgan fingerprint density at radius 3 is 2.74 bits per heavy atom. The summed E-state index contributed by atoms with van der Waals surface area (Å²) in [6.45, 7) is 1.69. The van der Waals surface area contributed by atoms with Gasteiger partial charge in [0, 0.05) is 21.6 Å². The largest absolute Gasteiger partial charge is 0.477 e. The molecular weight excluding hydrogens is 361 g/mol. The number of benzene rings is 1. The molecule has 1 atom stereocenters. The van der Waals surface area contributed by atoms with Crippen LogP contribution in [0, 0.1) is 3.57 Å². The van der Waals surface area contributed by atoms with E-state index in [2.05, 4.69) is 27.6 Å². The van der Waals surface area contributed by atoms with Crippen LogP contribution >= 0.6 is 22.6 Å². The third kappa shape index (κ3) is 2.50. The second-order valence-corrected chi connectivity index (χ2v) is 5.36. The van der Waals surface area contributed by atoms with Crippen LogP contribution in [-0.4, -0.2) is 23.2 Å². The monoisotopic (exact) mass is 373 g/mol. The summed E-state index contributed by atoms with van der Waals surface area (Å²) < 4.78 is 5.99. The zero-order valence-corrected chi connectivity index (χ0v) is 12.5. The van der Waals surface area contributed by atoms with Gasteiger partial charge in [-0.2, -0.15) is 0 Å². The number of hydrogen-bond acceptors (Lipinski definition) is 3. The molecule has 2 aromatic rings. The summed E-state index contributed by atoms with van der Waals surface area (Å²) in [6.07, 6.45) is -0.498. The van der Waals surface area contributed by atoms with Crippen molar-refractivity contribution in [1.29, 1.82) is 0 Å². The van der Waals surface area contributed by atoms with E-state index in [1.54, 1.807) is 19.1 Å². The van der Waals surface area contributed by atoms with Crippen LogP contribution in [-0.2, 0) is 4.74 Å². The molecule has 0 radical (unpaired) electrons. The topological polar surface area (TPSA) is 79.4 Å². The molecule has 2 rings (SSSR count). The van der Waals surface area contributed by atoms with Crippen LogP contribution in [0.3, 0.4) is 0 Å². The van der Waals surface area contributed by atoms with Crippen molar-refractivity contribution in [3.8, 4) is 0 Å². The number of carboxylic acids is 1. The minimum absolute atomic E-state index is 0.260. The van der Waals surface area contributed by atoms with Crippen LogP contribution < -0.4 is 5.43 Å². The summed E-state index contributed by atoms with van der Waals surface area (Å²) in [4.78, 5) is 26.6. The molecule has 0 saturated carbocycles. The molecule has 1 heterocycles. The van der Waals surface area contributed by atoms with E-state index >= 15 is 0 Å². The van der Waals surface area contributed by atoms with Gasteiger partial charge < -0.3 is 14.8 Å². The minimum Gasteiger partial charge on any atom is -0.477 e. The summed E-state index contributed by atoms with van der Waals surface area (Å²) in [5, 5.41) is 9.61. The number of aromatic nitrogens is 1. The van der Waals surface area contributed by atoms with Gasteiger partial charge in [0.2, 0.25) is 5.43 Å². The first-order valence-corrected chi connectivity index (χ1v) is 6.65. The number of pyridine rings is 1. The highest BCUT2D eigenvalue weighted by Crippen LogP contribution is 2.21. The fraction of sp³-hybridized carbons (Fsp3) is 0.231. The normalized spacial score (nSPS) is 12.6. The maximum atomic E-state index is 12.3. The summed E-state index contributed by atoms with van der Waals surface area (Å²) in [5.74, 6) is -1.25. The highest BCUT2D eigenvalue weighted by atomic mass is 127. The summed E-state index contributed by atoms with van der Waals surface area (Å²) >= 11 is 2.08. The predicted octanol–water partition coefficient (Wildman–Crippen LogP) is 2.54. The van der Waals surface area contributed by atoms with E-state index in [-0.39, 0.29) is 11.3 Å². The molecule has 0 spiro atoms. The fourth-order valence-corrected chi connectivity index (χ4v) is 2.40. The van der Waals surface area contributed by atoms with Crippen molar-refractivity contribution in [2.45, 2.75) is 13.0 Å². The van der Waals surface area contributed by atoms with Gasteiger partial charge in [-0.05, 0) is 47.7 Å². The van der Waals surface area contributed by atoms with Crippen molar-refractivity contribution < 1.29 is 14.6 Å². The van der Waals surface area contributed by atoms with E-state index in [0.717, 1.165) is 3.57 Å². The highest BCUT2D eigenvalue weighted by Gasteiger charge is 2.21. The van der Waals surface area contributed by atoms with E-state index in [4.69, 9.17) is 4.74 Å². The molecule has 2 N–H and O–H groups in total. The second kappa shape index (κ2) is 5.30. The molecule has 1 unspecified atom stereocenters. The van der Waals surface area contributed by atoms with E-state index in [9.17, 15) is 14.7 Å². The van der Waals surface area contributed by atoms with Crippen LogP contribution in [0.1, 0.15) is 29.1 Å². The van der Waals surface area contributed by atoms with Crippen molar-refractivity contribution in [3.05, 3.63) is 43.2 Å². The second-order valence-electron chi connectivity index (χ2n) is 4.12. The lowest BCUT2D eigenvalue weighted by Gasteiger charge is -2.14. The molecule has 0 bridgehead atoms.